The molecule has 2 rings (SSSR count). The molecule has 0 saturated carbocycles. The van der Waals surface area contributed by atoms with Gasteiger partial charge in [0.05, 0.1) is 5.02 Å². The Labute approximate surface area is 140 Å². The number of hydrogen-bond acceptors (Lipinski definition) is 2. The summed E-state index contributed by atoms with van der Waals surface area (Å²) in [6, 6.07) is 7.14. The predicted octanol–water partition coefficient (Wildman–Crippen LogP) is 5.25. The summed E-state index contributed by atoms with van der Waals surface area (Å²) in [4.78, 5) is 12.4. The van der Waals surface area contributed by atoms with Crippen LogP contribution in [0.15, 0.2) is 24.3 Å². The quantitative estimate of drug-likeness (QED) is 0.696. The molecule has 0 saturated heterocycles. The van der Waals surface area contributed by atoms with Crippen LogP contribution in [0.25, 0.3) is 0 Å². The van der Waals surface area contributed by atoms with E-state index in [1.807, 2.05) is 19.9 Å². The van der Waals surface area contributed by atoms with Crippen LogP contribution < -0.4 is 4.74 Å². The number of ketones is 1. The SMILES string of the molecule is Cc1cc(C(=O)COc2cc(Cl)ccc2Cl)c(C)n1C(C)C. The average Bonchev–Trinajstić information content (AvgIpc) is 2.74. The number of carbonyl (C=O) groups excluding carboxylic acids is 1. The molecule has 1 aromatic heterocycles. The number of nitrogens with zero attached hydrogens (tertiary/aromatic N) is 1. The van der Waals surface area contributed by atoms with Crippen molar-refractivity contribution in [2.24, 2.45) is 0 Å². The fourth-order valence-corrected chi connectivity index (χ4v) is 3.00. The van der Waals surface area contributed by atoms with E-state index in [-0.39, 0.29) is 12.4 Å². The summed E-state index contributed by atoms with van der Waals surface area (Å²) >= 11 is 11.9. The normalized spacial score (nSPS) is 11.0. The van der Waals surface area contributed by atoms with E-state index in [9.17, 15) is 4.79 Å². The van der Waals surface area contributed by atoms with Gasteiger partial charge in [-0.05, 0) is 45.9 Å². The second-order valence-corrected chi connectivity index (χ2v) is 6.38. The maximum absolute atomic E-state index is 12.4. The molecule has 0 fully saturated rings. The third-order valence-electron chi connectivity index (χ3n) is 3.55. The Balaban J connectivity index is 2.16. The summed E-state index contributed by atoms with van der Waals surface area (Å²) in [6.45, 7) is 8.07. The molecule has 22 heavy (non-hydrogen) atoms. The molecular formula is C17H19Cl2NO2. The molecule has 0 bridgehead atoms. The van der Waals surface area contributed by atoms with Crippen molar-refractivity contribution in [3.05, 3.63) is 51.3 Å². The van der Waals surface area contributed by atoms with Gasteiger partial charge in [0.15, 0.2) is 6.61 Å². The number of hydrogen-bond donors (Lipinski definition) is 0. The first kappa shape index (κ1) is 16.9. The van der Waals surface area contributed by atoms with Crippen molar-refractivity contribution >= 4 is 29.0 Å². The smallest absolute Gasteiger partial charge is 0.202 e. The van der Waals surface area contributed by atoms with Crippen LogP contribution in [0.4, 0.5) is 0 Å². The molecule has 0 unspecified atom stereocenters. The largest absolute Gasteiger partial charge is 0.484 e. The minimum Gasteiger partial charge on any atom is -0.484 e. The molecule has 3 nitrogen and oxygen atoms in total. The van der Waals surface area contributed by atoms with E-state index in [0.717, 1.165) is 11.4 Å². The van der Waals surface area contributed by atoms with Crippen molar-refractivity contribution in [1.29, 1.82) is 0 Å². The van der Waals surface area contributed by atoms with Gasteiger partial charge >= 0.3 is 0 Å². The van der Waals surface area contributed by atoms with Gasteiger partial charge in [0, 0.05) is 34.1 Å². The summed E-state index contributed by atoms with van der Waals surface area (Å²) in [7, 11) is 0. The van der Waals surface area contributed by atoms with Crippen LogP contribution in [0.3, 0.4) is 0 Å². The maximum Gasteiger partial charge on any atom is 0.202 e. The summed E-state index contributed by atoms with van der Waals surface area (Å²) < 4.78 is 7.66. The van der Waals surface area contributed by atoms with Gasteiger partial charge in [-0.3, -0.25) is 4.79 Å². The molecule has 0 radical (unpaired) electrons. The van der Waals surface area contributed by atoms with E-state index in [4.69, 9.17) is 27.9 Å². The first-order chi connectivity index (χ1) is 10.3. The third-order valence-corrected chi connectivity index (χ3v) is 4.10. The fraction of sp³-hybridized carbons (Fsp3) is 0.353. The van der Waals surface area contributed by atoms with Gasteiger partial charge in [0.1, 0.15) is 5.75 Å². The van der Waals surface area contributed by atoms with Gasteiger partial charge in [-0.2, -0.15) is 0 Å². The molecule has 5 heteroatoms. The fourth-order valence-electron chi connectivity index (χ4n) is 2.66. The zero-order chi connectivity index (χ0) is 16.4. The van der Waals surface area contributed by atoms with E-state index in [1.165, 1.54) is 0 Å². The van der Waals surface area contributed by atoms with Crippen molar-refractivity contribution in [2.75, 3.05) is 6.61 Å². The average molecular weight is 340 g/mol. The van der Waals surface area contributed by atoms with Crippen LogP contribution in [-0.2, 0) is 0 Å². The number of carbonyl (C=O) groups is 1. The molecule has 0 spiro atoms. The van der Waals surface area contributed by atoms with Gasteiger partial charge in [0.2, 0.25) is 5.78 Å². The number of benzene rings is 1. The standard InChI is InChI=1S/C17H19Cl2NO2/c1-10(2)20-11(3)7-14(12(20)4)16(21)9-22-17-8-13(18)5-6-15(17)19/h5-8,10H,9H2,1-4H3. The molecule has 0 atom stereocenters. The molecule has 118 valence electrons. The number of halogens is 2. The van der Waals surface area contributed by atoms with Gasteiger partial charge in [-0.25, -0.2) is 0 Å². The minimum absolute atomic E-state index is 0.0670. The van der Waals surface area contributed by atoms with Crippen molar-refractivity contribution in [2.45, 2.75) is 33.7 Å². The zero-order valence-electron chi connectivity index (χ0n) is 13.1. The van der Waals surface area contributed by atoms with Crippen molar-refractivity contribution < 1.29 is 9.53 Å². The second kappa shape index (κ2) is 6.76. The van der Waals surface area contributed by atoms with Crippen LogP contribution in [-0.4, -0.2) is 17.0 Å². The van der Waals surface area contributed by atoms with Crippen molar-refractivity contribution in [1.82, 2.24) is 4.57 Å². The second-order valence-electron chi connectivity index (χ2n) is 5.54. The van der Waals surface area contributed by atoms with Crippen LogP contribution >= 0.6 is 23.2 Å². The molecule has 1 heterocycles. The highest BCUT2D eigenvalue weighted by molar-refractivity contribution is 6.34. The van der Waals surface area contributed by atoms with Crippen LogP contribution in [0.1, 0.15) is 41.6 Å². The Bertz CT molecular complexity index is 705. The van der Waals surface area contributed by atoms with Crippen molar-refractivity contribution in [3.8, 4) is 5.75 Å². The lowest BCUT2D eigenvalue weighted by Crippen LogP contribution is -2.13. The van der Waals surface area contributed by atoms with Crippen molar-refractivity contribution in [3.63, 3.8) is 0 Å². The third kappa shape index (κ3) is 3.47. The number of ether oxygens (including phenoxy) is 1. The first-order valence-electron chi connectivity index (χ1n) is 7.10. The highest BCUT2D eigenvalue weighted by atomic mass is 35.5. The van der Waals surface area contributed by atoms with Gasteiger partial charge in [-0.1, -0.05) is 23.2 Å². The Morgan fingerprint density at radius 2 is 1.91 bits per heavy atom. The molecule has 0 amide bonds. The van der Waals surface area contributed by atoms with Gasteiger partial charge in [0.25, 0.3) is 0 Å². The monoisotopic (exact) mass is 339 g/mol. The zero-order valence-corrected chi connectivity index (χ0v) is 14.6. The summed E-state index contributed by atoms with van der Waals surface area (Å²) in [6.07, 6.45) is 0. The number of aromatic nitrogens is 1. The lowest BCUT2D eigenvalue weighted by molar-refractivity contribution is 0.0921. The van der Waals surface area contributed by atoms with Gasteiger partial charge < -0.3 is 9.30 Å². The van der Waals surface area contributed by atoms with Crippen LogP contribution in [0.2, 0.25) is 10.0 Å². The van der Waals surface area contributed by atoms with E-state index in [1.54, 1.807) is 18.2 Å². The molecule has 1 aromatic carbocycles. The van der Waals surface area contributed by atoms with E-state index in [2.05, 4.69) is 18.4 Å². The summed E-state index contributed by atoms with van der Waals surface area (Å²) in [5.41, 5.74) is 2.71. The minimum atomic E-state index is -0.0731. The Kier molecular flexibility index (Phi) is 5.20. The number of Topliss-reactive ketones (excluding diaryl/α,β-unsaturated/α-hetero) is 1. The number of rotatable bonds is 5. The Hall–Kier alpha value is -1.45. The molecule has 0 aliphatic carbocycles. The Morgan fingerprint density at radius 3 is 2.50 bits per heavy atom. The summed E-state index contributed by atoms with van der Waals surface area (Å²) in [5, 5.41) is 0.953. The topological polar surface area (TPSA) is 31.2 Å². The maximum atomic E-state index is 12.4. The lowest BCUT2D eigenvalue weighted by Gasteiger charge is -2.13. The van der Waals surface area contributed by atoms with Gasteiger partial charge in [-0.15, -0.1) is 0 Å². The Morgan fingerprint density at radius 1 is 1.23 bits per heavy atom. The van der Waals surface area contributed by atoms with Crippen LogP contribution in [0.5, 0.6) is 5.75 Å². The van der Waals surface area contributed by atoms with E-state index >= 15 is 0 Å². The summed E-state index contributed by atoms with van der Waals surface area (Å²) in [5.74, 6) is 0.344. The predicted molar refractivity (Wildman–Crippen MR) is 90.6 cm³/mol. The molecule has 0 aliphatic rings. The first-order valence-corrected chi connectivity index (χ1v) is 7.86. The van der Waals surface area contributed by atoms with E-state index in [0.29, 0.717) is 27.4 Å². The van der Waals surface area contributed by atoms with Crippen LogP contribution in [0, 0.1) is 13.8 Å². The van der Waals surface area contributed by atoms with E-state index < -0.39 is 0 Å². The molecule has 0 N–H and O–H groups in total. The number of aryl methyl sites for hydroxylation is 1. The lowest BCUT2D eigenvalue weighted by atomic mass is 10.1. The molecule has 2 aromatic rings. The highest BCUT2D eigenvalue weighted by Crippen LogP contribution is 2.28. The molecule has 0 aliphatic heterocycles. The molecular weight excluding hydrogens is 321 g/mol. The highest BCUT2D eigenvalue weighted by Gasteiger charge is 2.18.